The zero-order valence-electron chi connectivity index (χ0n) is 14.4. The quantitative estimate of drug-likeness (QED) is 0.877. The number of carbonyl (C=O) groups is 2. The Labute approximate surface area is 147 Å². The maximum Gasteiger partial charge on any atom is 0.258 e. The van der Waals surface area contributed by atoms with Crippen LogP contribution in [-0.2, 0) is 11.3 Å². The van der Waals surface area contributed by atoms with Gasteiger partial charge >= 0.3 is 0 Å². The number of hydrogen-bond acceptors (Lipinski definition) is 4. The minimum Gasteiger partial charge on any atom is -0.364 e. The van der Waals surface area contributed by atoms with Crippen molar-refractivity contribution in [3.63, 3.8) is 0 Å². The SMILES string of the molecule is CC(C)[C@H]1Nc2ccccc2C(=O)N1CC(=O)NCc1ccccn1. The highest BCUT2D eigenvalue weighted by molar-refractivity contribution is 6.03. The first-order valence-electron chi connectivity index (χ1n) is 8.39. The predicted molar refractivity (Wildman–Crippen MR) is 95.8 cm³/mol. The number of aromatic nitrogens is 1. The second-order valence-electron chi connectivity index (χ2n) is 6.41. The smallest absolute Gasteiger partial charge is 0.258 e. The lowest BCUT2D eigenvalue weighted by Crippen LogP contribution is -2.54. The summed E-state index contributed by atoms with van der Waals surface area (Å²) in [7, 11) is 0. The Balaban J connectivity index is 1.71. The minimum absolute atomic E-state index is 0.00977. The van der Waals surface area contributed by atoms with Gasteiger partial charge in [0.25, 0.3) is 5.91 Å². The molecule has 0 aliphatic carbocycles. The fourth-order valence-corrected chi connectivity index (χ4v) is 2.91. The molecule has 0 unspecified atom stereocenters. The Morgan fingerprint density at radius 3 is 2.72 bits per heavy atom. The largest absolute Gasteiger partial charge is 0.364 e. The molecule has 0 bridgehead atoms. The number of rotatable bonds is 5. The molecule has 3 rings (SSSR count). The first-order valence-corrected chi connectivity index (χ1v) is 8.39. The molecule has 2 heterocycles. The predicted octanol–water partition coefficient (Wildman–Crippen LogP) is 2.25. The van der Waals surface area contributed by atoms with E-state index in [0.29, 0.717) is 12.1 Å². The van der Waals surface area contributed by atoms with Gasteiger partial charge in [0.1, 0.15) is 12.7 Å². The molecule has 1 atom stereocenters. The molecule has 1 aromatic carbocycles. The third-order valence-electron chi connectivity index (χ3n) is 4.20. The van der Waals surface area contributed by atoms with Crippen LogP contribution < -0.4 is 10.6 Å². The van der Waals surface area contributed by atoms with Gasteiger partial charge in [-0.1, -0.05) is 32.0 Å². The van der Waals surface area contributed by atoms with Gasteiger partial charge in [-0.25, -0.2) is 0 Å². The van der Waals surface area contributed by atoms with Crippen LogP contribution in [0, 0.1) is 5.92 Å². The molecule has 0 fully saturated rings. The van der Waals surface area contributed by atoms with Gasteiger partial charge in [-0.3, -0.25) is 14.6 Å². The van der Waals surface area contributed by atoms with Crippen LogP contribution in [0.5, 0.6) is 0 Å². The molecule has 25 heavy (non-hydrogen) atoms. The summed E-state index contributed by atoms with van der Waals surface area (Å²) >= 11 is 0. The number of nitrogens with zero attached hydrogens (tertiary/aromatic N) is 2. The maximum absolute atomic E-state index is 12.8. The van der Waals surface area contributed by atoms with E-state index in [4.69, 9.17) is 0 Å². The Kier molecular flexibility index (Phi) is 4.97. The number of nitrogens with one attached hydrogen (secondary N) is 2. The lowest BCUT2D eigenvalue weighted by molar-refractivity contribution is -0.122. The van der Waals surface area contributed by atoms with Crippen LogP contribution in [0.15, 0.2) is 48.7 Å². The van der Waals surface area contributed by atoms with E-state index in [-0.39, 0.29) is 30.4 Å². The molecular formula is C19H22N4O2. The molecule has 2 amide bonds. The Morgan fingerprint density at radius 2 is 2.00 bits per heavy atom. The summed E-state index contributed by atoms with van der Waals surface area (Å²) < 4.78 is 0. The van der Waals surface area contributed by atoms with Gasteiger partial charge < -0.3 is 15.5 Å². The van der Waals surface area contributed by atoms with Crippen LogP contribution in [0.25, 0.3) is 0 Å². The van der Waals surface area contributed by atoms with E-state index in [1.807, 2.05) is 50.2 Å². The zero-order valence-corrected chi connectivity index (χ0v) is 14.4. The lowest BCUT2D eigenvalue weighted by Gasteiger charge is -2.39. The van der Waals surface area contributed by atoms with Crippen molar-refractivity contribution in [2.75, 3.05) is 11.9 Å². The number of anilines is 1. The summed E-state index contributed by atoms with van der Waals surface area (Å²) in [6, 6.07) is 12.9. The van der Waals surface area contributed by atoms with E-state index in [1.54, 1.807) is 17.2 Å². The summed E-state index contributed by atoms with van der Waals surface area (Å²) in [5, 5.41) is 6.20. The van der Waals surface area contributed by atoms with Crippen molar-refractivity contribution < 1.29 is 9.59 Å². The fraction of sp³-hybridized carbons (Fsp3) is 0.316. The molecule has 0 radical (unpaired) electrons. The lowest BCUT2D eigenvalue weighted by atomic mass is 10.0. The van der Waals surface area contributed by atoms with Crippen LogP contribution in [-0.4, -0.2) is 34.4 Å². The first-order chi connectivity index (χ1) is 12.1. The standard InChI is InChI=1S/C19H22N4O2/c1-13(2)18-22-16-9-4-3-8-15(16)19(25)23(18)12-17(24)21-11-14-7-5-6-10-20-14/h3-10,13,18,22H,11-12H2,1-2H3,(H,21,24)/t18-/m0/s1. The van der Waals surface area contributed by atoms with E-state index in [2.05, 4.69) is 15.6 Å². The molecule has 0 spiro atoms. The molecule has 1 aliphatic rings. The van der Waals surface area contributed by atoms with Crippen molar-refractivity contribution >= 4 is 17.5 Å². The van der Waals surface area contributed by atoms with Crippen LogP contribution >= 0.6 is 0 Å². The Morgan fingerprint density at radius 1 is 1.24 bits per heavy atom. The number of fused-ring (bicyclic) bond motifs is 1. The van der Waals surface area contributed by atoms with Crippen molar-refractivity contribution in [3.8, 4) is 0 Å². The van der Waals surface area contributed by atoms with Gasteiger partial charge in [0.15, 0.2) is 0 Å². The summed E-state index contributed by atoms with van der Waals surface area (Å²) in [6.45, 7) is 4.41. The van der Waals surface area contributed by atoms with Crippen LogP contribution in [0.2, 0.25) is 0 Å². The monoisotopic (exact) mass is 338 g/mol. The zero-order chi connectivity index (χ0) is 17.8. The van der Waals surface area contributed by atoms with E-state index >= 15 is 0 Å². The fourth-order valence-electron chi connectivity index (χ4n) is 2.91. The van der Waals surface area contributed by atoms with Gasteiger partial charge in [-0.05, 0) is 30.2 Å². The molecule has 6 nitrogen and oxygen atoms in total. The van der Waals surface area contributed by atoms with Gasteiger partial charge in [-0.2, -0.15) is 0 Å². The van der Waals surface area contributed by atoms with Gasteiger partial charge in [0.2, 0.25) is 5.91 Å². The molecule has 0 saturated carbocycles. The normalized spacial score (nSPS) is 16.4. The summed E-state index contributed by atoms with van der Waals surface area (Å²) in [5.74, 6) is -0.159. The molecule has 0 saturated heterocycles. The minimum atomic E-state index is -0.219. The number of hydrogen-bond donors (Lipinski definition) is 2. The number of pyridine rings is 1. The Bertz CT molecular complexity index is 761. The molecule has 2 aromatic rings. The van der Waals surface area contributed by atoms with Crippen molar-refractivity contribution in [2.45, 2.75) is 26.6 Å². The Hall–Kier alpha value is -2.89. The number of benzene rings is 1. The summed E-state index contributed by atoms with van der Waals surface area (Å²) in [5.41, 5.74) is 2.19. The molecular weight excluding hydrogens is 316 g/mol. The van der Waals surface area contributed by atoms with Crippen molar-refractivity contribution in [2.24, 2.45) is 5.92 Å². The highest BCUT2D eigenvalue weighted by atomic mass is 16.2. The summed E-state index contributed by atoms with van der Waals surface area (Å²) in [4.78, 5) is 31.0. The van der Waals surface area contributed by atoms with E-state index in [0.717, 1.165) is 11.4 Å². The van der Waals surface area contributed by atoms with Crippen LogP contribution in [0.4, 0.5) is 5.69 Å². The number of para-hydroxylation sites is 1. The maximum atomic E-state index is 12.8. The second-order valence-corrected chi connectivity index (χ2v) is 6.41. The van der Waals surface area contributed by atoms with Crippen molar-refractivity contribution in [3.05, 3.63) is 59.9 Å². The highest BCUT2D eigenvalue weighted by Gasteiger charge is 2.34. The van der Waals surface area contributed by atoms with Gasteiger partial charge in [-0.15, -0.1) is 0 Å². The summed E-state index contributed by atoms with van der Waals surface area (Å²) in [6.07, 6.45) is 1.47. The topological polar surface area (TPSA) is 74.3 Å². The molecule has 1 aliphatic heterocycles. The third kappa shape index (κ3) is 3.79. The van der Waals surface area contributed by atoms with E-state index in [1.165, 1.54) is 0 Å². The van der Waals surface area contributed by atoms with Crippen LogP contribution in [0.3, 0.4) is 0 Å². The van der Waals surface area contributed by atoms with Crippen molar-refractivity contribution in [1.29, 1.82) is 0 Å². The third-order valence-corrected chi connectivity index (χ3v) is 4.20. The first kappa shape index (κ1) is 17.0. The average Bonchev–Trinajstić information content (AvgIpc) is 2.63. The number of amides is 2. The molecule has 6 heteroatoms. The second kappa shape index (κ2) is 7.34. The van der Waals surface area contributed by atoms with Crippen molar-refractivity contribution in [1.82, 2.24) is 15.2 Å². The van der Waals surface area contributed by atoms with E-state index in [9.17, 15) is 9.59 Å². The highest BCUT2D eigenvalue weighted by Crippen LogP contribution is 2.27. The number of carbonyl (C=O) groups excluding carboxylic acids is 2. The molecule has 2 N–H and O–H groups in total. The molecule has 130 valence electrons. The average molecular weight is 338 g/mol. The van der Waals surface area contributed by atoms with Gasteiger partial charge in [0, 0.05) is 11.9 Å². The van der Waals surface area contributed by atoms with Crippen LogP contribution in [0.1, 0.15) is 29.9 Å². The van der Waals surface area contributed by atoms with Gasteiger partial charge in [0.05, 0.1) is 17.8 Å². The molecule has 1 aromatic heterocycles. The van der Waals surface area contributed by atoms with E-state index < -0.39 is 0 Å².